The van der Waals surface area contributed by atoms with Gasteiger partial charge in [-0.2, -0.15) is 26.3 Å². The van der Waals surface area contributed by atoms with E-state index in [-0.39, 0.29) is 35.8 Å². The predicted octanol–water partition coefficient (Wildman–Crippen LogP) is 4.60. The van der Waals surface area contributed by atoms with E-state index >= 15 is 0 Å². The third-order valence-electron chi connectivity index (χ3n) is 4.79. The lowest BCUT2D eigenvalue weighted by atomic mass is 10.2. The molecule has 40 heavy (non-hydrogen) atoms. The Kier molecular flexibility index (Phi) is 11.1. The highest BCUT2D eigenvalue weighted by molar-refractivity contribution is 7.88. The summed E-state index contributed by atoms with van der Waals surface area (Å²) in [6.07, 6.45) is -4.54. The van der Waals surface area contributed by atoms with Gasteiger partial charge < -0.3 is 20.1 Å². The zero-order valence-corrected chi connectivity index (χ0v) is 23.1. The molecule has 0 aliphatic rings. The fraction of sp³-hybridized carbons (Fsp3) is 0.458. The molecule has 0 fully saturated rings. The topological polar surface area (TPSA) is 148 Å². The zero-order chi connectivity index (χ0) is 30.1. The SMILES string of the molecule is CCCCOc1nc(C(F)(F)F)ccc1CNC(=O)Nc1ccc(CNS(=O)(=O)NC(=O)OC(C)(C)C)c(F)c1. The fourth-order valence-electron chi connectivity index (χ4n) is 2.94. The van der Waals surface area contributed by atoms with Crippen LogP contribution in [0.25, 0.3) is 0 Å². The highest BCUT2D eigenvalue weighted by Crippen LogP contribution is 2.30. The quantitative estimate of drug-likeness (QED) is 0.220. The Morgan fingerprint density at radius 1 is 1.02 bits per heavy atom. The molecule has 222 valence electrons. The number of alkyl halides is 3. The minimum atomic E-state index is -4.67. The second-order valence-corrected chi connectivity index (χ2v) is 10.9. The number of nitrogens with zero attached hydrogens (tertiary/aromatic N) is 1. The first-order chi connectivity index (χ1) is 18.5. The summed E-state index contributed by atoms with van der Waals surface area (Å²) in [5.41, 5.74) is -1.94. The Labute approximate surface area is 229 Å². The maximum Gasteiger partial charge on any atom is 0.433 e. The van der Waals surface area contributed by atoms with Crippen LogP contribution >= 0.6 is 0 Å². The van der Waals surface area contributed by atoms with Crippen LogP contribution in [0, 0.1) is 5.82 Å². The number of hydrogen-bond donors (Lipinski definition) is 4. The smallest absolute Gasteiger partial charge is 0.433 e. The number of nitrogens with one attached hydrogen (secondary N) is 4. The summed E-state index contributed by atoms with van der Waals surface area (Å²) in [7, 11) is -4.35. The molecule has 0 aliphatic carbocycles. The van der Waals surface area contributed by atoms with Crippen LogP contribution < -0.4 is 24.8 Å². The second kappa shape index (κ2) is 13.6. The molecule has 11 nitrogen and oxygen atoms in total. The summed E-state index contributed by atoms with van der Waals surface area (Å²) >= 11 is 0. The number of halogens is 4. The van der Waals surface area contributed by atoms with E-state index in [1.807, 2.05) is 11.6 Å². The maximum absolute atomic E-state index is 14.5. The lowest BCUT2D eigenvalue weighted by Crippen LogP contribution is -2.42. The lowest BCUT2D eigenvalue weighted by molar-refractivity contribution is -0.141. The summed E-state index contributed by atoms with van der Waals surface area (Å²) in [5, 5.41) is 4.80. The van der Waals surface area contributed by atoms with Crippen LogP contribution in [0.3, 0.4) is 0 Å². The van der Waals surface area contributed by atoms with Crippen molar-refractivity contribution in [3.05, 3.63) is 53.0 Å². The van der Waals surface area contributed by atoms with Gasteiger partial charge in [0, 0.05) is 29.9 Å². The van der Waals surface area contributed by atoms with Crippen molar-refractivity contribution < 1.29 is 45.0 Å². The number of rotatable bonds is 11. The van der Waals surface area contributed by atoms with Gasteiger partial charge in [-0.3, -0.25) is 0 Å². The molecule has 1 aromatic heterocycles. The maximum atomic E-state index is 14.5. The number of ether oxygens (including phenoxy) is 2. The molecule has 2 aromatic rings. The third-order valence-corrected chi connectivity index (χ3v) is 5.75. The van der Waals surface area contributed by atoms with Crippen LogP contribution in [-0.2, 0) is 34.2 Å². The van der Waals surface area contributed by atoms with Crippen molar-refractivity contribution in [1.29, 1.82) is 0 Å². The zero-order valence-electron chi connectivity index (χ0n) is 22.2. The average Bonchev–Trinajstić information content (AvgIpc) is 2.80. The van der Waals surface area contributed by atoms with E-state index in [0.717, 1.165) is 24.6 Å². The molecule has 0 aliphatic heterocycles. The molecule has 0 bridgehead atoms. The Morgan fingerprint density at radius 3 is 2.30 bits per heavy atom. The minimum absolute atomic E-state index is 0.0125. The normalized spacial score (nSPS) is 12.0. The number of amides is 3. The number of urea groups is 1. The Hall–Kier alpha value is -3.66. The molecular weight excluding hydrogens is 562 g/mol. The van der Waals surface area contributed by atoms with Gasteiger partial charge in [0.25, 0.3) is 0 Å². The predicted molar refractivity (Wildman–Crippen MR) is 137 cm³/mol. The molecule has 0 spiro atoms. The molecule has 1 heterocycles. The van der Waals surface area contributed by atoms with Crippen LogP contribution in [0.5, 0.6) is 5.88 Å². The number of carbonyl (C=O) groups excluding carboxylic acids is 2. The first-order valence-corrected chi connectivity index (χ1v) is 13.5. The van der Waals surface area contributed by atoms with Crippen LogP contribution in [0.15, 0.2) is 30.3 Å². The number of benzene rings is 1. The Morgan fingerprint density at radius 2 is 1.70 bits per heavy atom. The van der Waals surface area contributed by atoms with Gasteiger partial charge in [-0.1, -0.05) is 19.4 Å². The molecular formula is C24H31F4N5O6S. The number of unbranched alkanes of at least 4 members (excludes halogenated alkanes) is 1. The molecule has 0 saturated carbocycles. The van der Waals surface area contributed by atoms with Crippen molar-refractivity contribution in [3.63, 3.8) is 0 Å². The van der Waals surface area contributed by atoms with Crippen LogP contribution in [0.4, 0.5) is 32.8 Å². The monoisotopic (exact) mass is 593 g/mol. The Balaban J connectivity index is 1.97. The molecule has 16 heteroatoms. The van der Waals surface area contributed by atoms with Gasteiger partial charge in [-0.25, -0.2) is 23.7 Å². The molecule has 1 aromatic carbocycles. The van der Waals surface area contributed by atoms with Crippen molar-refractivity contribution >= 4 is 28.0 Å². The van der Waals surface area contributed by atoms with Crippen LogP contribution in [0.2, 0.25) is 0 Å². The number of anilines is 1. The van der Waals surface area contributed by atoms with E-state index in [2.05, 4.69) is 15.6 Å². The highest BCUT2D eigenvalue weighted by atomic mass is 32.2. The number of carbonyl (C=O) groups is 2. The van der Waals surface area contributed by atoms with E-state index in [9.17, 15) is 35.6 Å². The Bertz CT molecular complexity index is 1300. The van der Waals surface area contributed by atoms with Gasteiger partial charge in [0.05, 0.1) is 6.61 Å². The summed E-state index contributed by atoms with van der Waals surface area (Å²) in [4.78, 5) is 27.5. The van der Waals surface area contributed by atoms with Gasteiger partial charge in [-0.15, -0.1) is 0 Å². The first-order valence-electron chi connectivity index (χ1n) is 12.0. The standard InChI is InChI=1S/C24H31F4N5O6S/c1-5-6-11-38-20-16(8-10-19(32-20)24(26,27)28)13-29-21(34)31-17-9-7-15(18(25)12-17)14-30-40(36,37)33-22(35)39-23(2,3)4/h7-10,12,30H,5-6,11,13-14H2,1-4H3,(H,33,35)(H2,29,31,34). The van der Waals surface area contributed by atoms with E-state index in [0.29, 0.717) is 6.42 Å². The van der Waals surface area contributed by atoms with Gasteiger partial charge in [0.1, 0.15) is 17.1 Å². The van der Waals surface area contributed by atoms with Crippen molar-refractivity contribution in [2.24, 2.45) is 0 Å². The van der Waals surface area contributed by atoms with Crippen molar-refractivity contribution in [3.8, 4) is 5.88 Å². The van der Waals surface area contributed by atoms with Gasteiger partial charge in [-0.05, 0) is 51.5 Å². The van der Waals surface area contributed by atoms with Crippen molar-refractivity contribution in [1.82, 2.24) is 19.7 Å². The van der Waals surface area contributed by atoms with E-state index in [1.54, 1.807) is 25.5 Å². The van der Waals surface area contributed by atoms with Crippen molar-refractivity contribution in [2.45, 2.75) is 65.4 Å². The molecule has 4 N–H and O–H groups in total. The number of aromatic nitrogens is 1. The van der Waals surface area contributed by atoms with Gasteiger partial charge in [0.15, 0.2) is 0 Å². The van der Waals surface area contributed by atoms with Crippen LogP contribution in [-0.4, -0.2) is 37.7 Å². The fourth-order valence-corrected chi connectivity index (χ4v) is 3.62. The largest absolute Gasteiger partial charge is 0.477 e. The van der Waals surface area contributed by atoms with Crippen molar-refractivity contribution in [2.75, 3.05) is 11.9 Å². The molecule has 0 atom stereocenters. The molecule has 2 rings (SSSR count). The van der Waals surface area contributed by atoms with E-state index < -0.39 is 52.2 Å². The van der Waals surface area contributed by atoms with Gasteiger partial charge in [0.2, 0.25) is 5.88 Å². The number of pyridine rings is 1. The highest BCUT2D eigenvalue weighted by Gasteiger charge is 2.33. The average molecular weight is 594 g/mol. The number of hydrogen-bond acceptors (Lipinski definition) is 7. The summed E-state index contributed by atoms with van der Waals surface area (Å²) in [6.45, 7) is 5.91. The molecule has 0 radical (unpaired) electrons. The van der Waals surface area contributed by atoms with E-state index in [4.69, 9.17) is 9.47 Å². The molecule has 0 unspecified atom stereocenters. The first kappa shape index (κ1) is 32.6. The van der Waals surface area contributed by atoms with Crippen LogP contribution in [0.1, 0.15) is 57.4 Å². The molecule has 3 amide bonds. The summed E-state index contributed by atoms with van der Waals surface area (Å²) in [6, 6.07) is 4.56. The molecule has 0 saturated heterocycles. The van der Waals surface area contributed by atoms with E-state index in [1.165, 1.54) is 12.1 Å². The lowest BCUT2D eigenvalue weighted by Gasteiger charge is -2.19. The summed E-state index contributed by atoms with van der Waals surface area (Å²) < 4.78 is 91.5. The minimum Gasteiger partial charge on any atom is -0.477 e. The third kappa shape index (κ3) is 11.2. The second-order valence-electron chi connectivity index (χ2n) is 9.40. The van der Waals surface area contributed by atoms with Gasteiger partial charge >= 0.3 is 28.5 Å². The summed E-state index contributed by atoms with van der Waals surface area (Å²) in [5.74, 6) is -1.13.